The maximum absolute atomic E-state index is 11.7. The van der Waals surface area contributed by atoms with Crippen molar-refractivity contribution in [2.45, 2.75) is 39.7 Å². The molecule has 0 spiro atoms. The Kier molecular flexibility index (Phi) is 3.67. The van der Waals surface area contributed by atoms with E-state index in [1.165, 1.54) is 6.42 Å². The summed E-state index contributed by atoms with van der Waals surface area (Å²) in [5.41, 5.74) is 1.59. The van der Waals surface area contributed by atoms with Crippen LogP contribution < -0.4 is 5.76 Å². The van der Waals surface area contributed by atoms with Crippen LogP contribution in [-0.4, -0.2) is 4.57 Å². The number of oxazole rings is 1. The molecule has 1 aromatic heterocycles. The molecule has 92 valence electrons. The van der Waals surface area contributed by atoms with Gasteiger partial charge in [-0.25, -0.2) is 4.79 Å². The molecule has 0 aliphatic rings. The van der Waals surface area contributed by atoms with Crippen molar-refractivity contribution < 1.29 is 4.42 Å². The molecular formula is C14H19NO2. The summed E-state index contributed by atoms with van der Waals surface area (Å²) in [6.07, 6.45) is 3.40. The Bertz CT molecular complexity index is 536. The first-order chi connectivity index (χ1) is 8.18. The molecule has 0 N–H and O–H groups in total. The average molecular weight is 233 g/mol. The van der Waals surface area contributed by atoms with Gasteiger partial charge in [-0.1, -0.05) is 38.8 Å². The van der Waals surface area contributed by atoms with E-state index in [0.717, 1.165) is 30.8 Å². The number of aromatic nitrogens is 1. The second-order valence-electron chi connectivity index (χ2n) is 4.88. The topological polar surface area (TPSA) is 35.1 Å². The quantitative estimate of drug-likeness (QED) is 0.742. The number of fused-ring (bicyclic) bond motifs is 1. The first kappa shape index (κ1) is 12.0. The lowest BCUT2D eigenvalue weighted by atomic mass is 10.1. The van der Waals surface area contributed by atoms with Crippen LogP contribution in [0, 0.1) is 5.92 Å². The summed E-state index contributed by atoms with van der Waals surface area (Å²) < 4.78 is 6.92. The molecule has 3 nitrogen and oxygen atoms in total. The highest BCUT2D eigenvalue weighted by Crippen LogP contribution is 2.13. The smallest absolute Gasteiger partial charge is 0.408 e. The number of para-hydroxylation sites is 2. The SMILES string of the molecule is CC(C)CCCCn1c(=O)oc2ccccc21. The van der Waals surface area contributed by atoms with Gasteiger partial charge in [0.2, 0.25) is 0 Å². The maximum atomic E-state index is 11.7. The van der Waals surface area contributed by atoms with Crippen molar-refractivity contribution in [3.05, 3.63) is 34.8 Å². The molecule has 2 rings (SSSR count). The number of benzene rings is 1. The predicted octanol–water partition coefficient (Wildman–Crippen LogP) is 3.42. The molecule has 0 bridgehead atoms. The van der Waals surface area contributed by atoms with E-state index in [0.29, 0.717) is 5.58 Å². The van der Waals surface area contributed by atoms with Crippen molar-refractivity contribution >= 4 is 11.1 Å². The summed E-state index contributed by atoms with van der Waals surface area (Å²) in [6, 6.07) is 7.58. The van der Waals surface area contributed by atoms with Gasteiger partial charge in [0.1, 0.15) is 0 Å². The second-order valence-corrected chi connectivity index (χ2v) is 4.88. The van der Waals surface area contributed by atoms with Crippen molar-refractivity contribution in [2.75, 3.05) is 0 Å². The van der Waals surface area contributed by atoms with Crippen LogP contribution in [-0.2, 0) is 6.54 Å². The predicted molar refractivity (Wildman–Crippen MR) is 69.2 cm³/mol. The molecule has 0 fully saturated rings. The normalized spacial score (nSPS) is 11.5. The lowest BCUT2D eigenvalue weighted by Crippen LogP contribution is -2.14. The summed E-state index contributed by atoms with van der Waals surface area (Å²) in [5.74, 6) is 0.489. The highest BCUT2D eigenvalue weighted by molar-refractivity contribution is 5.72. The summed E-state index contributed by atoms with van der Waals surface area (Å²) in [7, 11) is 0. The molecular weight excluding hydrogens is 214 g/mol. The fourth-order valence-corrected chi connectivity index (χ4v) is 2.05. The number of hydrogen-bond acceptors (Lipinski definition) is 2. The Morgan fingerprint density at radius 1 is 1.24 bits per heavy atom. The maximum Gasteiger partial charge on any atom is 0.419 e. The number of unbranched alkanes of at least 4 members (excludes halogenated alkanes) is 1. The minimum Gasteiger partial charge on any atom is -0.408 e. The lowest BCUT2D eigenvalue weighted by Gasteiger charge is -2.04. The van der Waals surface area contributed by atoms with Crippen molar-refractivity contribution in [2.24, 2.45) is 5.92 Å². The third-order valence-electron chi connectivity index (χ3n) is 2.99. The number of rotatable bonds is 5. The van der Waals surface area contributed by atoms with E-state index < -0.39 is 0 Å². The van der Waals surface area contributed by atoms with Crippen LogP contribution >= 0.6 is 0 Å². The zero-order valence-corrected chi connectivity index (χ0v) is 10.5. The van der Waals surface area contributed by atoms with Gasteiger partial charge >= 0.3 is 5.76 Å². The van der Waals surface area contributed by atoms with E-state index in [4.69, 9.17) is 4.42 Å². The molecule has 0 aliphatic heterocycles. The van der Waals surface area contributed by atoms with Gasteiger partial charge in [0, 0.05) is 6.54 Å². The first-order valence-corrected chi connectivity index (χ1v) is 6.27. The van der Waals surface area contributed by atoms with Crippen molar-refractivity contribution in [3.63, 3.8) is 0 Å². The van der Waals surface area contributed by atoms with Gasteiger partial charge < -0.3 is 4.42 Å². The summed E-state index contributed by atoms with van der Waals surface area (Å²) >= 11 is 0. The van der Waals surface area contributed by atoms with E-state index in [1.807, 2.05) is 24.3 Å². The summed E-state index contributed by atoms with van der Waals surface area (Å²) in [6.45, 7) is 5.20. The van der Waals surface area contributed by atoms with Crippen molar-refractivity contribution in [3.8, 4) is 0 Å². The Labute approximate surface area is 101 Å². The Morgan fingerprint density at radius 3 is 2.76 bits per heavy atom. The highest BCUT2D eigenvalue weighted by Gasteiger charge is 2.07. The van der Waals surface area contributed by atoms with Crippen LogP contribution in [0.15, 0.2) is 33.5 Å². The summed E-state index contributed by atoms with van der Waals surface area (Å²) in [4.78, 5) is 11.7. The molecule has 0 radical (unpaired) electrons. The van der Waals surface area contributed by atoms with E-state index >= 15 is 0 Å². The zero-order chi connectivity index (χ0) is 12.3. The number of aryl methyl sites for hydroxylation is 1. The molecule has 3 heteroatoms. The average Bonchev–Trinajstić information content (AvgIpc) is 2.60. The standard InChI is InChI=1S/C14H19NO2/c1-11(2)7-5-6-10-15-12-8-3-4-9-13(12)17-14(15)16/h3-4,8-9,11H,5-7,10H2,1-2H3. The first-order valence-electron chi connectivity index (χ1n) is 6.27. The van der Waals surface area contributed by atoms with Gasteiger partial charge in [0.05, 0.1) is 5.52 Å². The largest absolute Gasteiger partial charge is 0.419 e. The Hall–Kier alpha value is -1.51. The Balaban J connectivity index is 2.08. The van der Waals surface area contributed by atoms with Crippen LogP contribution in [0.1, 0.15) is 33.1 Å². The van der Waals surface area contributed by atoms with E-state index in [2.05, 4.69) is 13.8 Å². The fraction of sp³-hybridized carbons (Fsp3) is 0.500. The number of nitrogens with zero attached hydrogens (tertiary/aromatic N) is 1. The van der Waals surface area contributed by atoms with Crippen LogP contribution in [0.4, 0.5) is 0 Å². The van der Waals surface area contributed by atoms with Gasteiger partial charge in [-0.15, -0.1) is 0 Å². The van der Waals surface area contributed by atoms with Crippen LogP contribution in [0.3, 0.4) is 0 Å². The van der Waals surface area contributed by atoms with Gasteiger partial charge in [-0.2, -0.15) is 0 Å². The minimum atomic E-state index is -0.240. The number of hydrogen-bond donors (Lipinski definition) is 0. The molecule has 0 amide bonds. The van der Waals surface area contributed by atoms with Crippen LogP contribution in [0.5, 0.6) is 0 Å². The molecule has 0 unspecified atom stereocenters. The molecule has 0 saturated heterocycles. The Morgan fingerprint density at radius 2 is 2.00 bits per heavy atom. The van der Waals surface area contributed by atoms with Crippen molar-refractivity contribution in [1.82, 2.24) is 4.57 Å². The molecule has 0 saturated carbocycles. The van der Waals surface area contributed by atoms with E-state index in [-0.39, 0.29) is 5.76 Å². The third-order valence-corrected chi connectivity index (χ3v) is 2.99. The highest BCUT2D eigenvalue weighted by atomic mass is 16.4. The van der Waals surface area contributed by atoms with Gasteiger partial charge in [0.25, 0.3) is 0 Å². The van der Waals surface area contributed by atoms with Gasteiger partial charge in [-0.3, -0.25) is 4.57 Å². The molecule has 0 aliphatic carbocycles. The summed E-state index contributed by atoms with van der Waals surface area (Å²) in [5, 5.41) is 0. The molecule has 17 heavy (non-hydrogen) atoms. The van der Waals surface area contributed by atoms with Gasteiger partial charge in [0.15, 0.2) is 5.58 Å². The third kappa shape index (κ3) is 2.78. The molecule has 0 atom stereocenters. The van der Waals surface area contributed by atoms with Gasteiger partial charge in [-0.05, 0) is 24.5 Å². The minimum absolute atomic E-state index is 0.240. The molecule has 1 heterocycles. The zero-order valence-electron chi connectivity index (χ0n) is 10.5. The van der Waals surface area contributed by atoms with Crippen LogP contribution in [0.25, 0.3) is 11.1 Å². The monoisotopic (exact) mass is 233 g/mol. The lowest BCUT2D eigenvalue weighted by molar-refractivity contribution is 0.472. The van der Waals surface area contributed by atoms with E-state index in [1.54, 1.807) is 4.57 Å². The van der Waals surface area contributed by atoms with Crippen LogP contribution in [0.2, 0.25) is 0 Å². The molecule has 2 aromatic rings. The molecule has 1 aromatic carbocycles. The van der Waals surface area contributed by atoms with Crippen molar-refractivity contribution in [1.29, 1.82) is 0 Å². The van der Waals surface area contributed by atoms with E-state index in [9.17, 15) is 4.79 Å². The fourth-order valence-electron chi connectivity index (χ4n) is 2.05. The second kappa shape index (κ2) is 5.21.